The third-order valence-corrected chi connectivity index (χ3v) is 6.97. The molecule has 4 aromatic rings. The highest BCUT2D eigenvalue weighted by Crippen LogP contribution is 2.29. The number of carbonyl (C=O) groups excluding carboxylic acids is 1. The summed E-state index contributed by atoms with van der Waals surface area (Å²) in [5.74, 6) is -0.346. The molecule has 0 radical (unpaired) electrons. The van der Waals surface area contributed by atoms with Crippen molar-refractivity contribution in [1.82, 2.24) is 9.97 Å². The highest BCUT2D eigenvalue weighted by molar-refractivity contribution is 7.93. The summed E-state index contributed by atoms with van der Waals surface area (Å²) in [4.78, 5) is 23.3. The minimum absolute atomic E-state index is 0.0311. The largest absolute Gasteiger partial charge is 0.506 e. The third kappa shape index (κ3) is 5.54. The van der Waals surface area contributed by atoms with Crippen LogP contribution in [0.3, 0.4) is 0 Å². The van der Waals surface area contributed by atoms with Crippen LogP contribution in [-0.2, 0) is 27.8 Å². The van der Waals surface area contributed by atoms with Gasteiger partial charge in [-0.2, -0.15) is 0 Å². The van der Waals surface area contributed by atoms with Crippen LogP contribution < -0.4 is 9.62 Å². The van der Waals surface area contributed by atoms with Crippen molar-refractivity contribution in [1.29, 1.82) is 0 Å². The van der Waals surface area contributed by atoms with Gasteiger partial charge in [0.15, 0.2) is 5.13 Å². The van der Waals surface area contributed by atoms with Crippen LogP contribution in [0, 0.1) is 0 Å². The lowest BCUT2D eigenvalue weighted by atomic mass is 10.2. The van der Waals surface area contributed by atoms with Gasteiger partial charge in [-0.3, -0.25) is 14.5 Å². The number of benzene rings is 2. The average molecular weight is 481 g/mol. The molecule has 33 heavy (non-hydrogen) atoms. The number of nitrogens with one attached hydrogen (secondary N) is 1. The van der Waals surface area contributed by atoms with Gasteiger partial charge in [-0.25, -0.2) is 13.4 Å². The average Bonchev–Trinajstić information content (AvgIpc) is 3.25. The Morgan fingerprint density at radius 3 is 2.42 bits per heavy atom. The SMILES string of the molecule is O=C(Cc1csc(NS(=O)(=O)c2ccccc2)n1)N(Cc1ccccn1)c1ccccc1O. The van der Waals surface area contributed by atoms with E-state index in [9.17, 15) is 18.3 Å². The lowest BCUT2D eigenvalue weighted by molar-refractivity contribution is -0.118. The number of para-hydroxylation sites is 2. The maximum absolute atomic E-state index is 13.2. The second-order valence-corrected chi connectivity index (χ2v) is 9.57. The molecule has 0 bridgehead atoms. The normalized spacial score (nSPS) is 11.2. The first kappa shape index (κ1) is 22.4. The van der Waals surface area contributed by atoms with Crippen molar-refractivity contribution in [2.45, 2.75) is 17.9 Å². The molecule has 2 aromatic carbocycles. The number of hydrogen-bond donors (Lipinski definition) is 2. The lowest BCUT2D eigenvalue weighted by Gasteiger charge is -2.23. The van der Waals surface area contributed by atoms with Gasteiger partial charge in [-0.15, -0.1) is 11.3 Å². The number of pyridine rings is 1. The molecule has 0 saturated carbocycles. The van der Waals surface area contributed by atoms with E-state index >= 15 is 0 Å². The van der Waals surface area contributed by atoms with Crippen molar-refractivity contribution >= 4 is 38.1 Å². The van der Waals surface area contributed by atoms with E-state index in [1.54, 1.807) is 60.1 Å². The van der Waals surface area contributed by atoms with Crippen LogP contribution in [0.25, 0.3) is 0 Å². The molecule has 0 aliphatic rings. The van der Waals surface area contributed by atoms with E-state index in [-0.39, 0.29) is 34.6 Å². The number of rotatable bonds is 8. The van der Waals surface area contributed by atoms with Gasteiger partial charge in [0.2, 0.25) is 5.91 Å². The van der Waals surface area contributed by atoms with Crippen molar-refractivity contribution in [3.8, 4) is 5.75 Å². The van der Waals surface area contributed by atoms with Gasteiger partial charge in [-0.05, 0) is 36.4 Å². The van der Waals surface area contributed by atoms with Crippen LogP contribution in [0.15, 0.2) is 89.3 Å². The maximum atomic E-state index is 13.2. The number of anilines is 2. The van der Waals surface area contributed by atoms with E-state index in [4.69, 9.17) is 0 Å². The zero-order valence-electron chi connectivity index (χ0n) is 17.3. The van der Waals surface area contributed by atoms with Gasteiger partial charge in [-0.1, -0.05) is 36.4 Å². The molecule has 1 amide bonds. The molecule has 0 unspecified atom stereocenters. The Hall–Kier alpha value is -3.76. The van der Waals surface area contributed by atoms with Crippen molar-refractivity contribution in [2.24, 2.45) is 0 Å². The minimum atomic E-state index is -3.77. The second kappa shape index (κ2) is 9.80. The highest BCUT2D eigenvalue weighted by Gasteiger charge is 2.22. The third-order valence-electron chi connectivity index (χ3n) is 4.68. The lowest BCUT2D eigenvalue weighted by Crippen LogP contribution is -2.32. The number of hydrogen-bond acceptors (Lipinski definition) is 7. The number of nitrogens with zero attached hydrogens (tertiary/aromatic N) is 3. The fourth-order valence-electron chi connectivity index (χ4n) is 3.11. The molecular formula is C23H20N4O4S2. The van der Waals surface area contributed by atoms with Crippen LogP contribution in [0.1, 0.15) is 11.4 Å². The Morgan fingerprint density at radius 1 is 0.970 bits per heavy atom. The molecule has 0 fully saturated rings. The van der Waals surface area contributed by atoms with Gasteiger partial charge in [0.05, 0.1) is 34.9 Å². The first-order valence-electron chi connectivity index (χ1n) is 9.93. The molecule has 8 nitrogen and oxygen atoms in total. The minimum Gasteiger partial charge on any atom is -0.506 e. The summed E-state index contributed by atoms with van der Waals surface area (Å²) in [5.41, 5.74) is 1.43. The van der Waals surface area contributed by atoms with Crippen LogP contribution in [0.2, 0.25) is 0 Å². The molecule has 2 aromatic heterocycles. The zero-order chi connectivity index (χ0) is 23.3. The number of amides is 1. The van der Waals surface area contributed by atoms with Crippen LogP contribution in [0.5, 0.6) is 5.75 Å². The number of phenols is 1. The Bertz CT molecular complexity index is 1340. The zero-order valence-corrected chi connectivity index (χ0v) is 19.0. The molecule has 0 aliphatic carbocycles. The fourth-order valence-corrected chi connectivity index (χ4v) is 5.10. The summed E-state index contributed by atoms with van der Waals surface area (Å²) in [6.07, 6.45) is 1.55. The molecular weight excluding hydrogens is 460 g/mol. The van der Waals surface area contributed by atoms with Crippen LogP contribution in [0.4, 0.5) is 10.8 Å². The monoisotopic (exact) mass is 480 g/mol. The summed E-state index contributed by atoms with van der Waals surface area (Å²) in [6.45, 7) is 0.162. The van der Waals surface area contributed by atoms with Gasteiger partial charge in [0.25, 0.3) is 10.0 Å². The summed E-state index contributed by atoms with van der Waals surface area (Å²) in [6, 6.07) is 19.9. The molecule has 0 spiro atoms. The number of sulfonamides is 1. The first-order chi connectivity index (χ1) is 15.9. The number of aromatic nitrogens is 2. The van der Waals surface area contributed by atoms with Crippen molar-refractivity contribution in [3.63, 3.8) is 0 Å². The number of carbonyl (C=O) groups is 1. The van der Waals surface area contributed by atoms with E-state index < -0.39 is 10.0 Å². The maximum Gasteiger partial charge on any atom is 0.263 e. The Kier molecular flexibility index (Phi) is 6.66. The van der Waals surface area contributed by atoms with E-state index in [2.05, 4.69) is 14.7 Å². The van der Waals surface area contributed by atoms with Gasteiger partial charge < -0.3 is 10.0 Å². The van der Waals surface area contributed by atoms with Gasteiger partial charge >= 0.3 is 0 Å². The Labute approximate surface area is 195 Å². The standard InChI is InChI=1S/C23H20N4O4S2/c28-21-12-5-4-11-20(21)27(15-17-8-6-7-13-24-17)22(29)14-18-16-32-23(25-18)26-33(30,31)19-9-2-1-3-10-19/h1-13,16,28H,14-15H2,(H,25,26). The predicted molar refractivity (Wildman–Crippen MR) is 127 cm³/mol. The summed E-state index contributed by atoms with van der Waals surface area (Å²) < 4.78 is 27.5. The first-order valence-corrected chi connectivity index (χ1v) is 12.3. The van der Waals surface area contributed by atoms with E-state index in [0.29, 0.717) is 17.1 Å². The van der Waals surface area contributed by atoms with Crippen molar-refractivity contribution in [2.75, 3.05) is 9.62 Å². The Balaban J connectivity index is 1.53. The predicted octanol–water partition coefficient (Wildman–Crippen LogP) is 3.82. The number of phenolic OH excluding ortho intramolecular Hbond substituents is 1. The molecule has 2 N–H and O–H groups in total. The molecule has 168 valence electrons. The summed E-state index contributed by atoms with van der Waals surface area (Å²) in [7, 11) is -3.77. The van der Waals surface area contributed by atoms with E-state index in [0.717, 1.165) is 11.3 Å². The second-order valence-electron chi connectivity index (χ2n) is 7.03. The summed E-state index contributed by atoms with van der Waals surface area (Å²) >= 11 is 1.09. The van der Waals surface area contributed by atoms with Crippen molar-refractivity contribution in [3.05, 3.63) is 95.8 Å². The molecule has 4 rings (SSSR count). The van der Waals surface area contributed by atoms with Crippen LogP contribution in [-0.4, -0.2) is 29.4 Å². The van der Waals surface area contributed by atoms with E-state index in [1.807, 2.05) is 6.07 Å². The fraction of sp³-hybridized carbons (Fsp3) is 0.0870. The van der Waals surface area contributed by atoms with E-state index in [1.165, 1.54) is 23.1 Å². The topological polar surface area (TPSA) is 112 Å². The van der Waals surface area contributed by atoms with Crippen molar-refractivity contribution < 1.29 is 18.3 Å². The summed E-state index contributed by atoms with van der Waals surface area (Å²) in [5, 5.41) is 12.1. The van der Waals surface area contributed by atoms with Gasteiger partial charge in [0.1, 0.15) is 5.75 Å². The quantitative estimate of drug-likeness (QED) is 0.396. The molecule has 0 atom stereocenters. The van der Waals surface area contributed by atoms with Crippen LogP contribution >= 0.6 is 11.3 Å². The molecule has 0 aliphatic heterocycles. The number of thiazole rings is 1. The molecule has 2 heterocycles. The highest BCUT2D eigenvalue weighted by atomic mass is 32.2. The van der Waals surface area contributed by atoms with Gasteiger partial charge in [0, 0.05) is 11.6 Å². The smallest absolute Gasteiger partial charge is 0.263 e. The Morgan fingerprint density at radius 2 is 1.70 bits per heavy atom. The molecule has 0 saturated heterocycles. The number of aromatic hydroxyl groups is 1. The molecule has 10 heteroatoms.